The number of carboxylic acid groups (broad SMARTS) is 1. The number of ketones is 1. The fraction of sp³-hybridized carbons (Fsp3) is 0.323. The minimum absolute atomic E-state index is 0.0102. The van der Waals surface area contributed by atoms with Crippen LogP contribution in [-0.2, 0) is 0 Å². The van der Waals surface area contributed by atoms with E-state index >= 15 is 0 Å². The third kappa shape index (κ3) is 5.19. The van der Waals surface area contributed by atoms with Gasteiger partial charge in [0.1, 0.15) is 5.82 Å². The van der Waals surface area contributed by atoms with Gasteiger partial charge in [-0.2, -0.15) is 0 Å². The molecule has 1 unspecified atom stereocenters. The first-order valence-corrected chi connectivity index (χ1v) is 13.5. The Bertz CT molecular complexity index is 1420. The number of hydrogen-bond acceptors (Lipinski definition) is 3. The summed E-state index contributed by atoms with van der Waals surface area (Å²) in [6.07, 6.45) is 7.40. The van der Waals surface area contributed by atoms with Gasteiger partial charge in [0.2, 0.25) is 0 Å². The molecule has 0 aliphatic heterocycles. The number of nitrogens with zero attached hydrogens (tertiary/aromatic N) is 1. The number of aromatic amines is 1. The van der Waals surface area contributed by atoms with Gasteiger partial charge in [0.05, 0.1) is 16.6 Å². The van der Waals surface area contributed by atoms with Gasteiger partial charge >= 0.3 is 5.97 Å². The molecule has 1 heterocycles. The third-order valence-corrected chi connectivity index (χ3v) is 7.99. The molecule has 4 aromatic rings. The molecule has 3 aromatic carbocycles. The van der Waals surface area contributed by atoms with E-state index < -0.39 is 5.97 Å². The van der Waals surface area contributed by atoms with Crippen molar-refractivity contribution < 1.29 is 14.7 Å². The van der Waals surface area contributed by atoms with E-state index in [-0.39, 0.29) is 11.3 Å². The summed E-state index contributed by atoms with van der Waals surface area (Å²) >= 11 is 6.67. The van der Waals surface area contributed by atoms with Crippen molar-refractivity contribution in [1.82, 2.24) is 9.97 Å². The zero-order valence-corrected chi connectivity index (χ0v) is 21.7. The number of carboxylic acids is 1. The number of para-hydroxylation sites is 2. The highest BCUT2D eigenvalue weighted by Crippen LogP contribution is 2.40. The lowest BCUT2D eigenvalue weighted by molar-refractivity contribution is 0.0697. The van der Waals surface area contributed by atoms with Gasteiger partial charge in [-0.1, -0.05) is 93.4 Å². The van der Waals surface area contributed by atoms with Crippen molar-refractivity contribution in [2.45, 2.75) is 51.9 Å². The fourth-order valence-electron chi connectivity index (χ4n) is 5.85. The van der Waals surface area contributed by atoms with Gasteiger partial charge in [0.15, 0.2) is 5.78 Å². The number of carbonyl (C=O) groups excluding carboxylic acids is 1. The number of rotatable bonds is 9. The largest absolute Gasteiger partial charge is 0.478 e. The molecule has 1 atom stereocenters. The number of aromatic nitrogens is 2. The lowest BCUT2D eigenvalue weighted by Crippen LogP contribution is -2.17. The van der Waals surface area contributed by atoms with Gasteiger partial charge in [-0.3, -0.25) is 4.79 Å². The molecule has 6 heteroatoms. The Morgan fingerprint density at radius 2 is 1.84 bits per heavy atom. The number of H-pyrrole nitrogens is 1. The Labute approximate surface area is 221 Å². The smallest absolute Gasteiger partial charge is 0.336 e. The zero-order valence-electron chi connectivity index (χ0n) is 21.0. The summed E-state index contributed by atoms with van der Waals surface area (Å²) in [6, 6.07) is 18.1. The van der Waals surface area contributed by atoms with E-state index in [0.717, 1.165) is 23.9 Å². The molecular formula is C31H31ClN2O3. The van der Waals surface area contributed by atoms with E-state index in [0.29, 0.717) is 51.4 Å². The third-order valence-electron chi connectivity index (χ3n) is 7.67. The number of imidazole rings is 1. The second-order valence-corrected chi connectivity index (χ2v) is 10.5. The average molecular weight is 515 g/mol. The molecule has 1 aliphatic carbocycles. The number of benzene rings is 3. The second-order valence-electron chi connectivity index (χ2n) is 10.1. The van der Waals surface area contributed by atoms with Crippen LogP contribution in [0.2, 0.25) is 5.02 Å². The molecule has 37 heavy (non-hydrogen) atoms. The molecule has 0 radical (unpaired) electrons. The van der Waals surface area contributed by atoms with E-state index in [1.807, 2.05) is 36.4 Å². The van der Waals surface area contributed by atoms with E-state index in [4.69, 9.17) is 16.6 Å². The summed E-state index contributed by atoms with van der Waals surface area (Å²) in [5, 5.41) is 10.6. The fourth-order valence-corrected chi connectivity index (χ4v) is 6.12. The predicted octanol–water partition coefficient (Wildman–Crippen LogP) is 8.43. The number of aromatic carboxylic acids is 1. The van der Waals surface area contributed by atoms with E-state index in [9.17, 15) is 14.7 Å². The van der Waals surface area contributed by atoms with Crippen LogP contribution in [0.15, 0.2) is 60.7 Å². The van der Waals surface area contributed by atoms with Crippen molar-refractivity contribution in [3.63, 3.8) is 0 Å². The minimum Gasteiger partial charge on any atom is -0.478 e. The molecule has 1 aliphatic rings. The standard InChI is InChI=1S/C31H31ClN2O3/c1-2-8-20(19-9-3-4-10-19)18-28(35)21-15-16-22(24(17-21)31(36)37)29-23(11-7-12-25(29)32)30-33-26-13-5-6-14-27(26)34-30/h5-7,11-17,19-20H,2-4,8-10,18H2,1H3,(H,33,34)(H,36,37). The summed E-state index contributed by atoms with van der Waals surface area (Å²) < 4.78 is 0. The van der Waals surface area contributed by atoms with Gasteiger partial charge in [0.25, 0.3) is 0 Å². The van der Waals surface area contributed by atoms with Crippen molar-refractivity contribution in [1.29, 1.82) is 0 Å². The number of hydrogen-bond donors (Lipinski definition) is 2. The predicted molar refractivity (Wildman–Crippen MR) is 148 cm³/mol. The van der Waals surface area contributed by atoms with Gasteiger partial charge in [-0.15, -0.1) is 0 Å². The van der Waals surface area contributed by atoms with Crippen LogP contribution in [0.4, 0.5) is 0 Å². The van der Waals surface area contributed by atoms with Crippen LogP contribution in [0.1, 0.15) is 72.6 Å². The van der Waals surface area contributed by atoms with E-state index in [2.05, 4.69) is 11.9 Å². The van der Waals surface area contributed by atoms with E-state index in [1.54, 1.807) is 18.2 Å². The van der Waals surface area contributed by atoms with Gasteiger partial charge in [-0.05, 0) is 41.7 Å². The number of halogens is 1. The number of nitrogens with one attached hydrogen (secondary N) is 1. The minimum atomic E-state index is -1.10. The maximum atomic E-state index is 13.3. The summed E-state index contributed by atoms with van der Waals surface area (Å²) in [5.41, 5.74) is 3.94. The first-order valence-electron chi connectivity index (χ1n) is 13.1. The van der Waals surface area contributed by atoms with Crippen molar-refractivity contribution >= 4 is 34.4 Å². The normalized spacial score (nSPS) is 14.8. The molecule has 0 spiro atoms. The quantitative estimate of drug-likeness (QED) is 0.219. The summed E-state index contributed by atoms with van der Waals surface area (Å²) in [5.74, 6) is 0.471. The van der Waals surface area contributed by atoms with Gasteiger partial charge in [-0.25, -0.2) is 9.78 Å². The van der Waals surface area contributed by atoms with Crippen LogP contribution in [0.3, 0.4) is 0 Å². The molecule has 1 saturated carbocycles. The molecule has 0 bridgehead atoms. The molecule has 2 N–H and O–H groups in total. The highest BCUT2D eigenvalue weighted by atomic mass is 35.5. The van der Waals surface area contributed by atoms with Gasteiger partial charge < -0.3 is 10.1 Å². The van der Waals surface area contributed by atoms with Gasteiger partial charge in [0, 0.05) is 28.1 Å². The molecule has 1 fully saturated rings. The van der Waals surface area contributed by atoms with Crippen LogP contribution in [0.5, 0.6) is 0 Å². The topological polar surface area (TPSA) is 83.0 Å². The molecular weight excluding hydrogens is 484 g/mol. The molecule has 5 nitrogen and oxygen atoms in total. The van der Waals surface area contributed by atoms with Crippen molar-refractivity contribution in [3.05, 3.63) is 76.8 Å². The summed E-state index contributed by atoms with van der Waals surface area (Å²) in [6.45, 7) is 2.16. The molecule has 5 rings (SSSR count). The van der Waals surface area contributed by atoms with Crippen molar-refractivity contribution in [2.24, 2.45) is 11.8 Å². The Balaban J connectivity index is 1.53. The second kappa shape index (κ2) is 10.9. The first-order chi connectivity index (χ1) is 18.0. The SMILES string of the molecule is CCCC(CC(=O)c1ccc(-c2c(Cl)cccc2-c2nc3ccccc3[nH]2)c(C(=O)O)c1)C1CCCC1. The zero-order chi connectivity index (χ0) is 25.9. The molecule has 190 valence electrons. The lowest BCUT2D eigenvalue weighted by atomic mass is 9.82. The van der Waals surface area contributed by atoms with Crippen LogP contribution in [0.25, 0.3) is 33.5 Å². The van der Waals surface area contributed by atoms with Crippen molar-refractivity contribution in [3.8, 4) is 22.5 Å². The molecule has 0 saturated heterocycles. The maximum Gasteiger partial charge on any atom is 0.336 e. The van der Waals surface area contributed by atoms with Crippen LogP contribution >= 0.6 is 11.6 Å². The first kappa shape index (κ1) is 25.2. The highest BCUT2D eigenvalue weighted by Gasteiger charge is 2.28. The Morgan fingerprint density at radius 1 is 1.05 bits per heavy atom. The summed E-state index contributed by atoms with van der Waals surface area (Å²) in [4.78, 5) is 33.8. The Hall–Kier alpha value is -3.44. The Kier molecular flexibility index (Phi) is 7.43. The molecule has 1 aromatic heterocycles. The van der Waals surface area contributed by atoms with Crippen LogP contribution < -0.4 is 0 Å². The number of carbonyl (C=O) groups is 2. The van der Waals surface area contributed by atoms with E-state index in [1.165, 1.54) is 31.7 Å². The summed E-state index contributed by atoms with van der Waals surface area (Å²) in [7, 11) is 0. The monoisotopic (exact) mass is 514 g/mol. The van der Waals surface area contributed by atoms with Crippen molar-refractivity contribution in [2.75, 3.05) is 0 Å². The van der Waals surface area contributed by atoms with Crippen LogP contribution in [0, 0.1) is 11.8 Å². The van der Waals surface area contributed by atoms with Crippen LogP contribution in [-0.4, -0.2) is 26.8 Å². The number of fused-ring (bicyclic) bond motifs is 1. The average Bonchev–Trinajstić information content (AvgIpc) is 3.58. The number of Topliss-reactive ketones (excluding diaryl/α,β-unsaturated/α-hetero) is 1. The Morgan fingerprint density at radius 3 is 2.57 bits per heavy atom. The highest BCUT2D eigenvalue weighted by molar-refractivity contribution is 6.34. The lowest BCUT2D eigenvalue weighted by Gasteiger charge is -2.22. The maximum absolute atomic E-state index is 13.3. The molecule has 0 amide bonds.